The molecule has 2 aromatic rings. The fourth-order valence-electron chi connectivity index (χ4n) is 2.77. The van der Waals surface area contributed by atoms with E-state index in [9.17, 15) is 9.59 Å². The summed E-state index contributed by atoms with van der Waals surface area (Å²) in [6.07, 6.45) is 0.502. The zero-order valence-corrected chi connectivity index (χ0v) is 13.4. The van der Waals surface area contributed by atoms with Gasteiger partial charge in [-0.25, -0.2) is 0 Å². The number of anilines is 2. The molecule has 0 saturated carbocycles. The van der Waals surface area contributed by atoms with Crippen LogP contribution in [0.1, 0.15) is 36.2 Å². The third kappa shape index (κ3) is 3.26. The number of rotatable bonds is 4. The molecule has 0 aliphatic carbocycles. The molecule has 0 bridgehead atoms. The van der Waals surface area contributed by atoms with E-state index in [-0.39, 0.29) is 11.8 Å². The summed E-state index contributed by atoms with van der Waals surface area (Å²) in [5.74, 6) is 0.365. The molecule has 1 heterocycles. The minimum Gasteiger partial charge on any atom is -0.326 e. The average molecular weight is 308 g/mol. The van der Waals surface area contributed by atoms with Gasteiger partial charge in [0, 0.05) is 23.4 Å². The number of carbonyl (C=O) groups excluding carboxylic acids is 2. The lowest BCUT2D eigenvalue weighted by molar-refractivity contribution is -0.116. The molecule has 118 valence electrons. The molecule has 0 atom stereocenters. The van der Waals surface area contributed by atoms with Crippen LogP contribution in [0, 0.1) is 5.92 Å². The Morgan fingerprint density at radius 2 is 1.83 bits per heavy atom. The Labute approximate surface area is 136 Å². The highest BCUT2D eigenvalue weighted by molar-refractivity contribution is 6.10. The molecule has 4 nitrogen and oxygen atoms in total. The number of benzene rings is 2. The zero-order chi connectivity index (χ0) is 16.4. The second kappa shape index (κ2) is 6.24. The summed E-state index contributed by atoms with van der Waals surface area (Å²) < 4.78 is 0. The maximum absolute atomic E-state index is 12.4. The summed E-state index contributed by atoms with van der Waals surface area (Å²) in [6.45, 7) is 4.62. The lowest BCUT2D eigenvalue weighted by Gasteiger charge is -2.16. The van der Waals surface area contributed by atoms with Crippen molar-refractivity contribution in [2.45, 2.75) is 26.8 Å². The normalized spacial score (nSPS) is 13.3. The van der Waals surface area contributed by atoms with Crippen LogP contribution in [0.15, 0.2) is 48.5 Å². The minimum absolute atomic E-state index is 0.0115. The van der Waals surface area contributed by atoms with Crippen LogP contribution in [0.2, 0.25) is 0 Å². The summed E-state index contributed by atoms with van der Waals surface area (Å²) in [7, 11) is 0. The fraction of sp³-hybridized carbons (Fsp3) is 0.263. The van der Waals surface area contributed by atoms with Crippen molar-refractivity contribution in [1.29, 1.82) is 0 Å². The van der Waals surface area contributed by atoms with Crippen LogP contribution in [-0.2, 0) is 11.3 Å². The molecule has 1 aliphatic rings. The summed E-state index contributed by atoms with van der Waals surface area (Å²) in [6, 6.07) is 15.1. The maximum Gasteiger partial charge on any atom is 0.258 e. The Bertz CT molecular complexity index is 735. The Balaban J connectivity index is 1.71. The van der Waals surface area contributed by atoms with Crippen molar-refractivity contribution >= 4 is 23.2 Å². The topological polar surface area (TPSA) is 49.4 Å². The standard InChI is InChI=1S/C19H20N2O2/c1-13(2)11-18(22)20-15-7-9-16(10-8-15)21-12-14-5-3-4-6-17(14)19(21)23/h3-10,13H,11-12H2,1-2H3,(H,20,22). The van der Waals surface area contributed by atoms with Gasteiger partial charge in [0.2, 0.25) is 5.91 Å². The van der Waals surface area contributed by atoms with Gasteiger partial charge in [0.05, 0.1) is 6.54 Å². The number of amides is 2. The van der Waals surface area contributed by atoms with Gasteiger partial charge in [-0.2, -0.15) is 0 Å². The highest BCUT2D eigenvalue weighted by Gasteiger charge is 2.27. The first-order valence-corrected chi connectivity index (χ1v) is 7.84. The van der Waals surface area contributed by atoms with Crippen molar-refractivity contribution in [2.75, 3.05) is 10.2 Å². The van der Waals surface area contributed by atoms with Crippen molar-refractivity contribution in [2.24, 2.45) is 5.92 Å². The molecule has 0 unspecified atom stereocenters. The monoisotopic (exact) mass is 308 g/mol. The largest absolute Gasteiger partial charge is 0.326 e. The predicted molar refractivity (Wildman–Crippen MR) is 91.5 cm³/mol. The highest BCUT2D eigenvalue weighted by Crippen LogP contribution is 2.28. The first kappa shape index (κ1) is 15.3. The SMILES string of the molecule is CC(C)CC(=O)Nc1ccc(N2Cc3ccccc3C2=O)cc1. The molecule has 0 saturated heterocycles. The lowest BCUT2D eigenvalue weighted by atomic mass is 10.1. The second-order valence-corrected chi connectivity index (χ2v) is 6.24. The van der Waals surface area contributed by atoms with Crippen LogP contribution >= 0.6 is 0 Å². The van der Waals surface area contributed by atoms with Gasteiger partial charge in [0.25, 0.3) is 5.91 Å². The van der Waals surface area contributed by atoms with E-state index in [2.05, 4.69) is 5.32 Å². The number of hydrogen-bond donors (Lipinski definition) is 1. The third-order valence-electron chi connectivity index (χ3n) is 3.88. The van der Waals surface area contributed by atoms with Crippen LogP contribution in [0.5, 0.6) is 0 Å². The van der Waals surface area contributed by atoms with Crippen LogP contribution < -0.4 is 10.2 Å². The molecule has 0 spiro atoms. The molecule has 3 rings (SSSR count). The number of hydrogen-bond acceptors (Lipinski definition) is 2. The molecule has 4 heteroatoms. The van der Waals surface area contributed by atoms with E-state index in [0.29, 0.717) is 18.9 Å². The quantitative estimate of drug-likeness (QED) is 0.933. The molecule has 1 N–H and O–H groups in total. The van der Waals surface area contributed by atoms with Crippen LogP contribution in [0.25, 0.3) is 0 Å². The number of carbonyl (C=O) groups is 2. The van der Waals surface area contributed by atoms with Gasteiger partial charge < -0.3 is 10.2 Å². The van der Waals surface area contributed by atoms with Crippen molar-refractivity contribution < 1.29 is 9.59 Å². The molecule has 0 fully saturated rings. The van der Waals surface area contributed by atoms with Gasteiger partial charge in [-0.05, 0) is 41.8 Å². The Morgan fingerprint density at radius 3 is 2.48 bits per heavy atom. The predicted octanol–water partition coefficient (Wildman–Crippen LogP) is 3.83. The molecule has 2 amide bonds. The van der Waals surface area contributed by atoms with E-state index in [0.717, 1.165) is 22.5 Å². The number of fused-ring (bicyclic) bond motifs is 1. The van der Waals surface area contributed by atoms with Crippen molar-refractivity contribution in [1.82, 2.24) is 0 Å². The molecular formula is C19H20N2O2. The van der Waals surface area contributed by atoms with E-state index in [1.165, 1.54) is 0 Å². The Hall–Kier alpha value is -2.62. The van der Waals surface area contributed by atoms with E-state index in [1.807, 2.05) is 62.4 Å². The minimum atomic E-state index is 0.0115. The first-order valence-electron chi connectivity index (χ1n) is 7.84. The molecule has 2 aromatic carbocycles. The highest BCUT2D eigenvalue weighted by atomic mass is 16.2. The average Bonchev–Trinajstić information content (AvgIpc) is 2.85. The van der Waals surface area contributed by atoms with Crippen molar-refractivity contribution in [3.8, 4) is 0 Å². The number of nitrogens with one attached hydrogen (secondary N) is 1. The Morgan fingerprint density at radius 1 is 1.13 bits per heavy atom. The van der Waals surface area contributed by atoms with Crippen molar-refractivity contribution in [3.63, 3.8) is 0 Å². The molecule has 1 aliphatic heterocycles. The Kier molecular flexibility index (Phi) is 4.15. The van der Waals surface area contributed by atoms with E-state index < -0.39 is 0 Å². The summed E-state index contributed by atoms with van der Waals surface area (Å²) in [4.78, 5) is 26.0. The molecule has 23 heavy (non-hydrogen) atoms. The van der Waals surface area contributed by atoms with Gasteiger partial charge in [0.1, 0.15) is 0 Å². The van der Waals surface area contributed by atoms with Crippen LogP contribution in [-0.4, -0.2) is 11.8 Å². The van der Waals surface area contributed by atoms with Crippen LogP contribution in [0.3, 0.4) is 0 Å². The van der Waals surface area contributed by atoms with Gasteiger partial charge in [-0.15, -0.1) is 0 Å². The van der Waals surface area contributed by atoms with Gasteiger partial charge >= 0.3 is 0 Å². The molecule has 0 radical (unpaired) electrons. The second-order valence-electron chi connectivity index (χ2n) is 6.24. The van der Waals surface area contributed by atoms with Crippen LogP contribution in [0.4, 0.5) is 11.4 Å². The summed E-state index contributed by atoms with van der Waals surface area (Å²) in [5.41, 5.74) is 3.41. The van der Waals surface area contributed by atoms with Gasteiger partial charge in [-0.1, -0.05) is 32.0 Å². The molecular weight excluding hydrogens is 288 g/mol. The van der Waals surface area contributed by atoms with E-state index in [1.54, 1.807) is 4.90 Å². The summed E-state index contributed by atoms with van der Waals surface area (Å²) in [5, 5.41) is 2.88. The third-order valence-corrected chi connectivity index (χ3v) is 3.88. The molecule has 0 aromatic heterocycles. The zero-order valence-electron chi connectivity index (χ0n) is 13.4. The number of nitrogens with zero attached hydrogens (tertiary/aromatic N) is 1. The van der Waals surface area contributed by atoms with Gasteiger partial charge in [-0.3, -0.25) is 9.59 Å². The van der Waals surface area contributed by atoms with Crippen molar-refractivity contribution in [3.05, 3.63) is 59.7 Å². The maximum atomic E-state index is 12.4. The van der Waals surface area contributed by atoms with E-state index in [4.69, 9.17) is 0 Å². The fourth-order valence-corrected chi connectivity index (χ4v) is 2.77. The smallest absolute Gasteiger partial charge is 0.258 e. The lowest BCUT2D eigenvalue weighted by Crippen LogP contribution is -2.23. The van der Waals surface area contributed by atoms with Gasteiger partial charge in [0.15, 0.2) is 0 Å². The van der Waals surface area contributed by atoms with E-state index >= 15 is 0 Å². The summed E-state index contributed by atoms with van der Waals surface area (Å²) >= 11 is 0. The first-order chi connectivity index (χ1) is 11.0.